The first-order valence-corrected chi connectivity index (χ1v) is 7.00. The van der Waals surface area contributed by atoms with Gasteiger partial charge in [0, 0.05) is 24.3 Å². The van der Waals surface area contributed by atoms with Crippen molar-refractivity contribution in [3.63, 3.8) is 0 Å². The van der Waals surface area contributed by atoms with Crippen LogP contribution in [-0.4, -0.2) is 29.8 Å². The SMILES string of the molecule is Cc1ccc(N)cc1NC(=O)CN1CCCCCC1=O.Cl. The van der Waals surface area contributed by atoms with Crippen LogP contribution in [0.3, 0.4) is 0 Å². The highest BCUT2D eigenvalue weighted by molar-refractivity contribution is 5.95. The lowest BCUT2D eigenvalue weighted by Crippen LogP contribution is -2.37. The molecule has 1 aliphatic heterocycles. The monoisotopic (exact) mass is 311 g/mol. The molecule has 0 aliphatic carbocycles. The molecule has 3 N–H and O–H groups in total. The van der Waals surface area contributed by atoms with Crippen molar-refractivity contribution in [2.45, 2.75) is 32.6 Å². The molecule has 6 heteroatoms. The summed E-state index contributed by atoms with van der Waals surface area (Å²) in [7, 11) is 0. The van der Waals surface area contributed by atoms with E-state index in [0.29, 0.717) is 24.3 Å². The van der Waals surface area contributed by atoms with E-state index in [-0.39, 0.29) is 30.8 Å². The van der Waals surface area contributed by atoms with Gasteiger partial charge in [0.25, 0.3) is 0 Å². The molecule has 1 aliphatic rings. The number of nitrogen functional groups attached to an aromatic ring is 1. The van der Waals surface area contributed by atoms with Crippen LogP contribution in [0.2, 0.25) is 0 Å². The number of hydrogen-bond donors (Lipinski definition) is 2. The molecule has 21 heavy (non-hydrogen) atoms. The number of hydrogen-bond acceptors (Lipinski definition) is 3. The molecular weight excluding hydrogens is 290 g/mol. The number of halogens is 1. The van der Waals surface area contributed by atoms with Gasteiger partial charge in [0.05, 0.1) is 6.54 Å². The molecule has 1 saturated heterocycles. The molecule has 0 atom stereocenters. The van der Waals surface area contributed by atoms with Gasteiger partial charge in [-0.2, -0.15) is 0 Å². The lowest BCUT2D eigenvalue weighted by molar-refractivity contribution is -0.134. The molecular formula is C15H22ClN3O2. The first-order valence-electron chi connectivity index (χ1n) is 7.00. The zero-order valence-electron chi connectivity index (χ0n) is 12.2. The van der Waals surface area contributed by atoms with Crippen molar-refractivity contribution in [2.24, 2.45) is 0 Å². The Balaban J connectivity index is 0.00000220. The summed E-state index contributed by atoms with van der Waals surface area (Å²) in [4.78, 5) is 25.5. The zero-order valence-corrected chi connectivity index (χ0v) is 13.0. The highest BCUT2D eigenvalue weighted by atomic mass is 35.5. The predicted molar refractivity (Wildman–Crippen MR) is 86.5 cm³/mol. The summed E-state index contributed by atoms with van der Waals surface area (Å²) in [5.41, 5.74) is 7.98. The third-order valence-corrected chi connectivity index (χ3v) is 3.54. The fourth-order valence-corrected chi connectivity index (χ4v) is 2.34. The minimum atomic E-state index is -0.172. The van der Waals surface area contributed by atoms with Crippen molar-refractivity contribution in [3.8, 4) is 0 Å². The predicted octanol–water partition coefficient (Wildman–Crippen LogP) is 2.34. The first-order chi connectivity index (χ1) is 9.56. The molecule has 1 heterocycles. The number of nitrogens with zero attached hydrogens (tertiary/aromatic N) is 1. The molecule has 0 radical (unpaired) electrons. The molecule has 0 saturated carbocycles. The Kier molecular flexibility index (Phi) is 6.49. The molecule has 1 fully saturated rings. The fourth-order valence-electron chi connectivity index (χ4n) is 2.34. The van der Waals surface area contributed by atoms with Crippen LogP contribution < -0.4 is 11.1 Å². The van der Waals surface area contributed by atoms with Crippen LogP contribution in [-0.2, 0) is 9.59 Å². The Morgan fingerprint density at radius 2 is 2.10 bits per heavy atom. The number of rotatable bonds is 3. The molecule has 116 valence electrons. The minimum absolute atomic E-state index is 0. The number of anilines is 2. The smallest absolute Gasteiger partial charge is 0.244 e. The van der Waals surface area contributed by atoms with Crippen LogP contribution >= 0.6 is 12.4 Å². The highest BCUT2D eigenvalue weighted by Gasteiger charge is 2.19. The van der Waals surface area contributed by atoms with E-state index in [1.807, 2.05) is 13.0 Å². The van der Waals surface area contributed by atoms with E-state index in [4.69, 9.17) is 5.73 Å². The van der Waals surface area contributed by atoms with E-state index in [1.165, 1.54) is 0 Å². The molecule has 0 aromatic heterocycles. The maximum Gasteiger partial charge on any atom is 0.244 e. The number of benzene rings is 1. The Morgan fingerprint density at radius 1 is 1.33 bits per heavy atom. The average molecular weight is 312 g/mol. The Morgan fingerprint density at radius 3 is 2.86 bits per heavy atom. The topological polar surface area (TPSA) is 75.4 Å². The average Bonchev–Trinajstić information content (AvgIpc) is 2.59. The van der Waals surface area contributed by atoms with E-state index in [2.05, 4.69) is 5.32 Å². The molecule has 0 bridgehead atoms. The molecule has 5 nitrogen and oxygen atoms in total. The summed E-state index contributed by atoms with van der Waals surface area (Å²) in [6.07, 6.45) is 3.49. The second-order valence-corrected chi connectivity index (χ2v) is 5.25. The van der Waals surface area contributed by atoms with E-state index >= 15 is 0 Å². The molecule has 2 amide bonds. The van der Waals surface area contributed by atoms with Gasteiger partial charge in [0.15, 0.2) is 0 Å². The first kappa shape index (κ1) is 17.3. The molecule has 0 spiro atoms. The summed E-state index contributed by atoms with van der Waals surface area (Å²) < 4.78 is 0. The summed E-state index contributed by atoms with van der Waals surface area (Å²) in [5, 5.41) is 2.83. The van der Waals surface area contributed by atoms with Crippen LogP contribution in [0.1, 0.15) is 31.2 Å². The van der Waals surface area contributed by atoms with Gasteiger partial charge in [-0.25, -0.2) is 0 Å². The van der Waals surface area contributed by atoms with Crippen LogP contribution in [0.15, 0.2) is 18.2 Å². The number of amides is 2. The second kappa shape index (κ2) is 7.88. The van der Waals surface area contributed by atoms with Crippen LogP contribution in [0, 0.1) is 6.92 Å². The van der Waals surface area contributed by atoms with E-state index in [9.17, 15) is 9.59 Å². The number of nitrogens with one attached hydrogen (secondary N) is 1. The van der Waals surface area contributed by atoms with Gasteiger partial charge < -0.3 is 16.0 Å². The quantitative estimate of drug-likeness (QED) is 0.841. The normalized spacial score (nSPS) is 15.1. The van der Waals surface area contributed by atoms with Crippen molar-refractivity contribution in [2.75, 3.05) is 24.1 Å². The van der Waals surface area contributed by atoms with Crippen molar-refractivity contribution in [3.05, 3.63) is 23.8 Å². The summed E-state index contributed by atoms with van der Waals surface area (Å²) >= 11 is 0. The number of carbonyl (C=O) groups is 2. The van der Waals surface area contributed by atoms with E-state index in [1.54, 1.807) is 17.0 Å². The molecule has 1 aromatic carbocycles. The van der Waals surface area contributed by atoms with Crippen molar-refractivity contribution in [1.82, 2.24) is 4.90 Å². The van der Waals surface area contributed by atoms with E-state index in [0.717, 1.165) is 24.8 Å². The van der Waals surface area contributed by atoms with E-state index < -0.39 is 0 Å². The van der Waals surface area contributed by atoms with Gasteiger partial charge in [-0.3, -0.25) is 9.59 Å². The maximum atomic E-state index is 12.1. The number of aryl methyl sites for hydroxylation is 1. The lowest BCUT2D eigenvalue weighted by atomic mass is 10.2. The van der Waals surface area contributed by atoms with Gasteiger partial charge in [-0.15, -0.1) is 12.4 Å². The molecule has 2 rings (SSSR count). The van der Waals surface area contributed by atoms with Crippen LogP contribution in [0.25, 0.3) is 0 Å². The Hall–Kier alpha value is -1.75. The van der Waals surface area contributed by atoms with Crippen molar-refractivity contribution < 1.29 is 9.59 Å². The van der Waals surface area contributed by atoms with Gasteiger partial charge in [-0.05, 0) is 37.5 Å². The van der Waals surface area contributed by atoms with Crippen LogP contribution in [0.5, 0.6) is 0 Å². The van der Waals surface area contributed by atoms with Crippen LogP contribution in [0.4, 0.5) is 11.4 Å². The standard InChI is InChI=1S/C15H21N3O2.ClH/c1-11-6-7-12(16)9-13(11)17-14(19)10-18-8-4-2-3-5-15(18)20;/h6-7,9H,2-5,8,10,16H2,1H3,(H,17,19);1H. The fraction of sp³-hybridized carbons (Fsp3) is 0.467. The molecule has 0 unspecified atom stereocenters. The van der Waals surface area contributed by atoms with Gasteiger partial charge in [-0.1, -0.05) is 12.5 Å². The van der Waals surface area contributed by atoms with Crippen molar-refractivity contribution >= 4 is 35.6 Å². The molecule has 1 aromatic rings. The highest BCUT2D eigenvalue weighted by Crippen LogP contribution is 2.18. The summed E-state index contributed by atoms with van der Waals surface area (Å²) in [6.45, 7) is 2.70. The van der Waals surface area contributed by atoms with Crippen molar-refractivity contribution in [1.29, 1.82) is 0 Å². The van der Waals surface area contributed by atoms with Gasteiger partial charge in [0.2, 0.25) is 11.8 Å². The summed E-state index contributed by atoms with van der Waals surface area (Å²) in [6, 6.07) is 5.39. The number of nitrogens with two attached hydrogens (primary N) is 1. The lowest BCUT2D eigenvalue weighted by Gasteiger charge is -2.20. The van der Waals surface area contributed by atoms with Gasteiger partial charge in [0.1, 0.15) is 0 Å². The summed E-state index contributed by atoms with van der Waals surface area (Å²) in [5.74, 6) is -0.101. The zero-order chi connectivity index (χ0) is 14.5. The number of carbonyl (C=O) groups excluding carboxylic acids is 2. The minimum Gasteiger partial charge on any atom is -0.399 e. The van der Waals surface area contributed by atoms with Gasteiger partial charge >= 0.3 is 0 Å². The third kappa shape index (κ3) is 4.93. The largest absolute Gasteiger partial charge is 0.399 e. The Bertz CT molecular complexity index is 520. The second-order valence-electron chi connectivity index (χ2n) is 5.25. The Labute approximate surface area is 131 Å². The third-order valence-electron chi connectivity index (χ3n) is 3.54. The maximum absolute atomic E-state index is 12.1. The number of likely N-dealkylation sites (tertiary alicyclic amines) is 1.